The largest absolute Gasteiger partial charge is 0.198 e. The Bertz CT molecular complexity index is 332. The van der Waals surface area contributed by atoms with Crippen molar-refractivity contribution < 1.29 is 0 Å². The van der Waals surface area contributed by atoms with Crippen LogP contribution in [0.5, 0.6) is 0 Å². The molecule has 2 bridgehead atoms. The van der Waals surface area contributed by atoms with Crippen LogP contribution in [0.4, 0.5) is 0 Å². The lowest BCUT2D eigenvalue weighted by molar-refractivity contribution is 0.00836. The van der Waals surface area contributed by atoms with E-state index in [2.05, 4.69) is 39.8 Å². The third-order valence-corrected chi connectivity index (χ3v) is 4.88. The molecule has 0 N–H and O–H groups in total. The Hall–Kier alpha value is -0.770. The smallest absolute Gasteiger partial charge is 0.0662 e. The highest BCUT2D eigenvalue weighted by Gasteiger charge is 2.53. The number of nitrogens with zero attached hydrogens (tertiary/aromatic N) is 1. The van der Waals surface area contributed by atoms with Crippen LogP contribution in [0.15, 0.2) is 11.6 Å². The molecule has 76 valence electrons. The molecule has 3 unspecified atom stereocenters. The molecule has 0 aromatic rings. The summed E-state index contributed by atoms with van der Waals surface area (Å²) in [5.74, 6) is 0.772. The fourth-order valence-corrected chi connectivity index (χ4v) is 3.34. The van der Waals surface area contributed by atoms with E-state index in [1.165, 1.54) is 12.0 Å². The second-order valence-electron chi connectivity index (χ2n) is 5.87. The molecule has 3 rings (SSSR count). The average molecular weight is 189 g/mol. The molecule has 0 heterocycles. The van der Waals surface area contributed by atoms with E-state index in [0.29, 0.717) is 11.3 Å². The average Bonchev–Trinajstić information content (AvgIpc) is 2.08. The van der Waals surface area contributed by atoms with Gasteiger partial charge in [-0.25, -0.2) is 0 Å². The highest BCUT2D eigenvalue weighted by molar-refractivity contribution is 5.28. The van der Waals surface area contributed by atoms with Crippen molar-refractivity contribution >= 4 is 0 Å². The topological polar surface area (TPSA) is 23.8 Å². The maximum Gasteiger partial charge on any atom is 0.0662 e. The third kappa shape index (κ3) is 1.00. The van der Waals surface area contributed by atoms with Crippen molar-refractivity contribution in [1.29, 1.82) is 5.26 Å². The summed E-state index contributed by atoms with van der Waals surface area (Å²) >= 11 is 0. The molecule has 0 aromatic heterocycles. The Morgan fingerprint density at radius 3 is 2.50 bits per heavy atom. The first-order valence-corrected chi connectivity index (χ1v) is 5.49. The van der Waals surface area contributed by atoms with Crippen molar-refractivity contribution in [1.82, 2.24) is 0 Å². The zero-order chi connectivity index (χ0) is 10.6. The maximum absolute atomic E-state index is 9.10. The first-order valence-electron chi connectivity index (χ1n) is 5.49. The minimum absolute atomic E-state index is 0.252. The Morgan fingerprint density at radius 2 is 2.00 bits per heavy atom. The van der Waals surface area contributed by atoms with Crippen LogP contribution in [0, 0.1) is 34.0 Å². The van der Waals surface area contributed by atoms with Crippen LogP contribution in [0.1, 0.15) is 40.5 Å². The molecular weight excluding hydrogens is 170 g/mol. The predicted octanol–water partition coefficient (Wildman–Crippen LogP) is 3.53. The molecule has 3 aliphatic carbocycles. The van der Waals surface area contributed by atoms with Crippen molar-refractivity contribution in [3.8, 4) is 6.07 Å². The molecule has 0 saturated heterocycles. The number of allylic oxidation sites excluding steroid dienone is 2. The van der Waals surface area contributed by atoms with Gasteiger partial charge in [-0.1, -0.05) is 32.4 Å². The van der Waals surface area contributed by atoms with Crippen molar-refractivity contribution in [2.45, 2.75) is 40.5 Å². The Morgan fingerprint density at radius 1 is 1.36 bits per heavy atom. The first kappa shape index (κ1) is 9.77. The van der Waals surface area contributed by atoms with Gasteiger partial charge < -0.3 is 0 Å². The van der Waals surface area contributed by atoms with Gasteiger partial charge in [0.05, 0.1) is 12.0 Å². The molecule has 1 nitrogen and oxygen atoms in total. The van der Waals surface area contributed by atoms with Gasteiger partial charge in [0.15, 0.2) is 0 Å². The van der Waals surface area contributed by atoms with E-state index >= 15 is 0 Å². The van der Waals surface area contributed by atoms with Crippen molar-refractivity contribution in [3.05, 3.63) is 11.6 Å². The lowest BCUT2D eigenvalue weighted by atomic mass is 9.47. The monoisotopic (exact) mass is 189 g/mol. The number of hydrogen-bond acceptors (Lipinski definition) is 1. The van der Waals surface area contributed by atoms with Crippen LogP contribution in [0.2, 0.25) is 0 Å². The molecule has 3 aliphatic rings. The second kappa shape index (κ2) is 2.63. The van der Waals surface area contributed by atoms with Crippen LogP contribution in [-0.2, 0) is 0 Å². The van der Waals surface area contributed by atoms with E-state index in [9.17, 15) is 0 Å². The summed E-state index contributed by atoms with van der Waals surface area (Å²) in [4.78, 5) is 0. The summed E-state index contributed by atoms with van der Waals surface area (Å²) in [5, 5.41) is 9.10. The lowest BCUT2D eigenvalue weighted by Gasteiger charge is -2.56. The van der Waals surface area contributed by atoms with Gasteiger partial charge in [0.2, 0.25) is 0 Å². The summed E-state index contributed by atoms with van der Waals surface area (Å²) in [7, 11) is 0. The predicted molar refractivity (Wildman–Crippen MR) is 57.5 cm³/mol. The van der Waals surface area contributed by atoms with Crippen molar-refractivity contribution in [3.63, 3.8) is 0 Å². The van der Waals surface area contributed by atoms with Crippen LogP contribution in [0.3, 0.4) is 0 Å². The van der Waals surface area contributed by atoms with Crippen LogP contribution >= 0.6 is 0 Å². The standard InChI is InChI=1S/C13H19N/c1-9-5-10-6-12(2,3)13(9,4)7-11(10)8-14/h5,10-11H,6-7H2,1-4H3. The van der Waals surface area contributed by atoms with Crippen LogP contribution in [0.25, 0.3) is 0 Å². The van der Waals surface area contributed by atoms with Gasteiger partial charge in [-0.05, 0) is 36.5 Å². The van der Waals surface area contributed by atoms with E-state index in [1.807, 2.05) is 0 Å². The van der Waals surface area contributed by atoms with Gasteiger partial charge in [-0.3, -0.25) is 0 Å². The molecule has 0 amide bonds. The van der Waals surface area contributed by atoms with E-state index < -0.39 is 0 Å². The summed E-state index contributed by atoms with van der Waals surface area (Å²) < 4.78 is 0. The van der Waals surface area contributed by atoms with Gasteiger partial charge in [-0.15, -0.1) is 0 Å². The van der Waals surface area contributed by atoms with Crippen LogP contribution in [-0.4, -0.2) is 0 Å². The Kier molecular flexibility index (Phi) is 1.83. The molecule has 0 aromatic carbocycles. The zero-order valence-corrected chi connectivity index (χ0v) is 9.59. The quantitative estimate of drug-likeness (QED) is 0.535. The molecule has 14 heavy (non-hydrogen) atoms. The Balaban J connectivity index is 2.47. The molecule has 1 saturated carbocycles. The van der Waals surface area contributed by atoms with Gasteiger partial charge in [0.25, 0.3) is 0 Å². The number of rotatable bonds is 0. The SMILES string of the molecule is CC1=CC2CC(C)(C)C1(C)CC2C#N. The zero-order valence-electron chi connectivity index (χ0n) is 9.59. The van der Waals surface area contributed by atoms with E-state index in [4.69, 9.17) is 5.26 Å². The summed E-state index contributed by atoms with van der Waals surface area (Å²) in [6.07, 6.45) is 4.59. The molecule has 0 aliphatic heterocycles. The van der Waals surface area contributed by atoms with Gasteiger partial charge >= 0.3 is 0 Å². The summed E-state index contributed by atoms with van der Waals surface area (Å²) in [6.45, 7) is 9.27. The molecule has 3 atom stereocenters. The second-order valence-corrected chi connectivity index (χ2v) is 5.87. The number of nitriles is 1. The lowest BCUT2D eigenvalue weighted by Crippen LogP contribution is -2.48. The summed E-state index contributed by atoms with van der Waals surface area (Å²) in [5.41, 5.74) is 2.12. The molecular formula is C13H19N. The van der Waals surface area contributed by atoms with Gasteiger partial charge in [0.1, 0.15) is 0 Å². The highest BCUT2D eigenvalue weighted by atomic mass is 14.6. The van der Waals surface area contributed by atoms with Crippen LogP contribution < -0.4 is 0 Å². The highest BCUT2D eigenvalue weighted by Crippen LogP contribution is 2.61. The Labute approximate surface area is 86.8 Å². The molecule has 1 fully saturated rings. The number of hydrogen-bond donors (Lipinski definition) is 0. The minimum atomic E-state index is 0.252. The fourth-order valence-electron chi connectivity index (χ4n) is 3.34. The van der Waals surface area contributed by atoms with Crippen molar-refractivity contribution in [2.75, 3.05) is 0 Å². The van der Waals surface area contributed by atoms with Crippen molar-refractivity contribution in [2.24, 2.45) is 22.7 Å². The van der Waals surface area contributed by atoms with Gasteiger partial charge in [0, 0.05) is 0 Å². The first-order chi connectivity index (χ1) is 6.40. The van der Waals surface area contributed by atoms with E-state index in [0.717, 1.165) is 6.42 Å². The normalized spacial score (nSPS) is 44.4. The van der Waals surface area contributed by atoms with E-state index in [-0.39, 0.29) is 11.3 Å². The molecule has 0 spiro atoms. The fraction of sp³-hybridized carbons (Fsp3) is 0.769. The minimum Gasteiger partial charge on any atom is -0.198 e. The third-order valence-electron chi connectivity index (χ3n) is 4.88. The van der Waals surface area contributed by atoms with Gasteiger partial charge in [-0.2, -0.15) is 5.26 Å². The maximum atomic E-state index is 9.10. The molecule has 1 heteroatoms. The van der Waals surface area contributed by atoms with E-state index in [1.54, 1.807) is 0 Å². The summed E-state index contributed by atoms with van der Waals surface area (Å²) in [6, 6.07) is 2.47. The molecule has 0 radical (unpaired) electrons. The number of fused-ring (bicyclic) bond motifs is 2.